The summed E-state index contributed by atoms with van der Waals surface area (Å²) >= 11 is 0. The molecule has 0 saturated carbocycles. The number of carbonyl (C=O) groups is 1. The van der Waals surface area contributed by atoms with E-state index in [4.69, 9.17) is 0 Å². The minimum Gasteiger partial charge on any atom is -0.340 e. The summed E-state index contributed by atoms with van der Waals surface area (Å²) < 4.78 is 0. The molecule has 0 bridgehead atoms. The molecule has 0 aromatic carbocycles. The van der Waals surface area contributed by atoms with Crippen LogP contribution in [0.4, 0.5) is 0 Å². The third-order valence-corrected chi connectivity index (χ3v) is 4.25. The van der Waals surface area contributed by atoms with Crippen molar-refractivity contribution in [1.82, 2.24) is 10.2 Å². The zero-order valence-electron chi connectivity index (χ0n) is 11.5. The summed E-state index contributed by atoms with van der Waals surface area (Å²) in [5.41, 5.74) is 0. The van der Waals surface area contributed by atoms with Crippen molar-refractivity contribution in [2.45, 2.75) is 70.4 Å². The summed E-state index contributed by atoms with van der Waals surface area (Å²) in [6.45, 7) is 4.29. The minimum absolute atomic E-state index is 0. The summed E-state index contributed by atoms with van der Waals surface area (Å²) in [5.74, 6) is 0.387. The van der Waals surface area contributed by atoms with Gasteiger partial charge in [0.1, 0.15) is 0 Å². The van der Waals surface area contributed by atoms with Crippen molar-refractivity contribution in [3.8, 4) is 0 Å². The van der Waals surface area contributed by atoms with Crippen molar-refractivity contribution in [3.05, 3.63) is 0 Å². The lowest BCUT2D eigenvalue weighted by molar-refractivity contribution is -0.134. The highest BCUT2D eigenvalue weighted by Gasteiger charge is 2.26. The maximum Gasteiger partial charge on any atom is 0.224 e. The van der Waals surface area contributed by atoms with Crippen LogP contribution in [-0.4, -0.2) is 36.0 Å². The third kappa shape index (κ3) is 4.13. The highest BCUT2D eigenvalue weighted by atomic mass is 35.5. The number of halogens is 1. The second kappa shape index (κ2) is 8.00. The van der Waals surface area contributed by atoms with Gasteiger partial charge in [0.15, 0.2) is 0 Å². The molecule has 0 radical (unpaired) electrons. The molecule has 1 N–H and O–H groups in total. The van der Waals surface area contributed by atoms with Crippen LogP contribution < -0.4 is 5.32 Å². The molecule has 2 fully saturated rings. The quantitative estimate of drug-likeness (QED) is 0.858. The van der Waals surface area contributed by atoms with Gasteiger partial charge in [-0.1, -0.05) is 19.8 Å². The maximum absolute atomic E-state index is 12.4. The zero-order valence-corrected chi connectivity index (χ0v) is 12.3. The van der Waals surface area contributed by atoms with Crippen LogP contribution in [0.3, 0.4) is 0 Å². The van der Waals surface area contributed by atoms with Crippen molar-refractivity contribution in [2.75, 3.05) is 13.1 Å². The van der Waals surface area contributed by atoms with Crippen LogP contribution in [0.25, 0.3) is 0 Å². The van der Waals surface area contributed by atoms with E-state index in [1.807, 2.05) is 0 Å². The minimum atomic E-state index is 0. The molecule has 0 spiro atoms. The highest BCUT2D eigenvalue weighted by Crippen LogP contribution is 2.21. The number of nitrogens with zero attached hydrogens (tertiary/aromatic N) is 1. The van der Waals surface area contributed by atoms with E-state index in [1.165, 1.54) is 38.5 Å². The molecule has 0 aliphatic carbocycles. The van der Waals surface area contributed by atoms with Crippen molar-refractivity contribution >= 4 is 18.3 Å². The molecule has 1 amide bonds. The maximum atomic E-state index is 12.4. The Kier molecular flexibility index (Phi) is 7.02. The molecular weight excluding hydrogens is 248 g/mol. The predicted octanol–water partition coefficient (Wildman–Crippen LogP) is 2.73. The molecule has 18 heavy (non-hydrogen) atoms. The number of hydrogen-bond acceptors (Lipinski definition) is 2. The van der Waals surface area contributed by atoms with Crippen LogP contribution in [0.5, 0.6) is 0 Å². The number of rotatable bonds is 3. The SMILES string of the molecule is CCC1CCCCCN1C(=O)CC1CCCN1.Cl. The molecule has 0 aromatic heterocycles. The molecule has 3 nitrogen and oxygen atoms in total. The molecule has 2 saturated heterocycles. The van der Waals surface area contributed by atoms with Crippen LogP contribution in [0, 0.1) is 0 Å². The van der Waals surface area contributed by atoms with Crippen molar-refractivity contribution in [3.63, 3.8) is 0 Å². The van der Waals surface area contributed by atoms with E-state index in [-0.39, 0.29) is 12.4 Å². The zero-order chi connectivity index (χ0) is 12.1. The lowest BCUT2D eigenvalue weighted by atomic mass is 10.1. The average molecular weight is 275 g/mol. The molecule has 2 aliphatic rings. The summed E-state index contributed by atoms with van der Waals surface area (Å²) in [5, 5.41) is 3.43. The van der Waals surface area contributed by atoms with Gasteiger partial charge in [0, 0.05) is 25.0 Å². The van der Waals surface area contributed by atoms with Gasteiger partial charge in [-0.25, -0.2) is 0 Å². The fraction of sp³-hybridized carbons (Fsp3) is 0.929. The van der Waals surface area contributed by atoms with E-state index in [2.05, 4.69) is 17.1 Å². The van der Waals surface area contributed by atoms with E-state index in [0.29, 0.717) is 18.0 Å². The van der Waals surface area contributed by atoms with E-state index in [0.717, 1.165) is 25.9 Å². The predicted molar refractivity (Wildman–Crippen MR) is 77.1 cm³/mol. The van der Waals surface area contributed by atoms with E-state index < -0.39 is 0 Å². The van der Waals surface area contributed by atoms with Gasteiger partial charge in [-0.15, -0.1) is 12.4 Å². The standard InChI is InChI=1S/C14H26N2O.ClH/c1-2-13-8-4-3-5-10-16(13)14(17)11-12-7-6-9-15-12;/h12-13,15H,2-11H2,1H3;1H. The Morgan fingerprint density at radius 1 is 1.22 bits per heavy atom. The van der Waals surface area contributed by atoms with Crippen molar-refractivity contribution in [1.29, 1.82) is 0 Å². The number of nitrogens with one attached hydrogen (secondary N) is 1. The first-order valence-corrected chi connectivity index (χ1v) is 7.34. The van der Waals surface area contributed by atoms with Crippen molar-refractivity contribution < 1.29 is 4.79 Å². The third-order valence-electron chi connectivity index (χ3n) is 4.25. The molecule has 0 aromatic rings. The number of amides is 1. The largest absolute Gasteiger partial charge is 0.340 e. The monoisotopic (exact) mass is 274 g/mol. The van der Waals surface area contributed by atoms with Gasteiger partial charge in [0.25, 0.3) is 0 Å². The number of likely N-dealkylation sites (tertiary alicyclic amines) is 1. The first-order valence-electron chi connectivity index (χ1n) is 7.34. The Morgan fingerprint density at radius 3 is 2.72 bits per heavy atom. The fourth-order valence-electron chi connectivity index (χ4n) is 3.19. The van der Waals surface area contributed by atoms with Gasteiger partial charge in [-0.3, -0.25) is 4.79 Å². The topological polar surface area (TPSA) is 32.3 Å². The van der Waals surface area contributed by atoms with Crippen LogP contribution >= 0.6 is 12.4 Å². The van der Waals surface area contributed by atoms with E-state index in [1.54, 1.807) is 0 Å². The van der Waals surface area contributed by atoms with Crippen LogP contribution in [0.2, 0.25) is 0 Å². The number of hydrogen-bond donors (Lipinski definition) is 1. The smallest absolute Gasteiger partial charge is 0.224 e. The van der Waals surface area contributed by atoms with Gasteiger partial charge < -0.3 is 10.2 Å². The molecule has 106 valence electrons. The molecule has 2 atom stereocenters. The molecule has 4 heteroatoms. The van der Waals surface area contributed by atoms with Crippen LogP contribution in [0.15, 0.2) is 0 Å². The van der Waals surface area contributed by atoms with Crippen LogP contribution in [0.1, 0.15) is 58.3 Å². The molecule has 2 rings (SSSR count). The fourth-order valence-corrected chi connectivity index (χ4v) is 3.19. The second-order valence-corrected chi connectivity index (χ2v) is 5.50. The van der Waals surface area contributed by atoms with Gasteiger partial charge in [-0.05, 0) is 38.6 Å². The Labute approximate surface area is 117 Å². The summed E-state index contributed by atoms with van der Waals surface area (Å²) in [7, 11) is 0. The normalized spacial score (nSPS) is 28.6. The first kappa shape index (κ1) is 15.8. The van der Waals surface area contributed by atoms with Gasteiger partial charge in [0.05, 0.1) is 0 Å². The molecule has 2 unspecified atom stereocenters. The molecule has 2 aliphatic heterocycles. The summed E-state index contributed by atoms with van der Waals surface area (Å²) in [4.78, 5) is 14.5. The van der Waals surface area contributed by atoms with Gasteiger partial charge >= 0.3 is 0 Å². The number of carbonyl (C=O) groups excluding carboxylic acids is 1. The Morgan fingerprint density at radius 2 is 2.06 bits per heavy atom. The van der Waals surface area contributed by atoms with Crippen LogP contribution in [-0.2, 0) is 4.79 Å². The lowest BCUT2D eigenvalue weighted by Crippen LogP contribution is -2.42. The van der Waals surface area contributed by atoms with E-state index in [9.17, 15) is 4.79 Å². The van der Waals surface area contributed by atoms with Gasteiger partial charge in [0.2, 0.25) is 5.91 Å². The van der Waals surface area contributed by atoms with Crippen molar-refractivity contribution in [2.24, 2.45) is 0 Å². The molecular formula is C14H27ClN2O. The lowest BCUT2D eigenvalue weighted by Gasteiger charge is -2.30. The Balaban J connectivity index is 0.00000162. The Bertz CT molecular complexity index is 254. The summed E-state index contributed by atoms with van der Waals surface area (Å²) in [6, 6.07) is 0.953. The van der Waals surface area contributed by atoms with E-state index >= 15 is 0 Å². The van der Waals surface area contributed by atoms with Gasteiger partial charge in [-0.2, -0.15) is 0 Å². The molecule has 2 heterocycles. The first-order chi connectivity index (χ1) is 8.31. The average Bonchev–Trinajstić information content (AvgIpc) is 2.71. The highest BCUT2D eigenvalue weighted by molar-refractivity contribution is 5.85. The Hall–Kier alpha value is -0.280. The summed E-state index contributed by atoms with van der Waals surface area (Å²) in [6.07, 6.45) is 9.23. The second-order valence-electron chi connectivity index (χ2n) is 5.50.